The van der Waals surface area contributed by atoms with Crippen LogP contribution in [0.5, 0.6) is 0 Å². The van der Waals surface area contributed by atoms with Crippen LogP contribution in [0.2, 0.25) is 0 Å². The molecule has 1 aliphatic rings. The standard InChI is InChI=1S/C11H15N3O2S/c1-7(9-12-4-5-17-9)14-6-8(15)13-11(2,3)10(14)16/h4-5,7H,6H2,1-3H3,(H,13,15). The lowest BCUT2D eigenvalue weighted by Gasteiger charge is -2.39. The van der Waals surface area contributed by atoms with Gasteiger partial charge in [0.05, 0.1) is 6.04 Å². The monoisotopic (exact) mass is 253 g/mol. The molecule has 0 bridgehead atoms. The van der Waals surface area contributed by atoms with Gasteiger partial charge in [-0.2, -0.15) is 0 Å². The van der Waals surface area contributed by atoms with Gasteiger partial charge in [-0.3, -0.25) is 9.59 Å². The third-order valence-corrected chi connectivity index (χ3v) is 3.78. The van der Waals surface area contributed by atoms with Gasteiger partial charge in [-0.15, -0.1) is 11.3 Å². The molecule has 1 unspecified atom stereocenters. The fraction of sp³-hybridized carbons (Fsp3) is 0.545. The average Bonchev–Trinajstić information content (AvgIpc) is 2.75. The van der Waals surface area contributed by atoms with Crippen molar-refractivity contribution in [1.29, 1.82) is 0 Å². The summed E-state index contributed by atoms with van der Waals surface area (Å²) in [7, 11) is 0. The topological polar surface area (TPSA) is 62.3 Å². The molecule has 1 N–H and O–H groups in total. The molecule has 0 aromatic carbocycles. The van der Waals surface area contributed by atoms with Crippen molar-refractivity contribution in [2.24, 2.45) is 0 Å². The fourth-order valence-electron chi connectivity index (χ4n) is 1.91. The summed E-state index contributed by atoms with van der Waals surface area (Å²) >= 11 is 1.49. The Morgan fingerprint density at radius 2 is 2.24 bits per heavy atom. The van der Waals surface area contributed by atoms with Gasteiger partial charge in [-0.1, -0.05) is 0 Å². The highest BCUT2D eigenvalue weighted by atomic mass is 32.1. The number of nitrogens with one attached hydrogen (secondary N) is 1. The fourth-order valence-corrected chi connectivity index (χ4v) is 2.62. The molecule has 2 heterocycles. The lowest BCUT2D eigenvalue weighted by atomic mass is 9.99. The lowest BCUT2D eigenvalue weighted by molar-refractivity contribution is -0.150. The van der Waals surface area contributed by atoms with Crippen molar-refractivity contribution in [3.05, 3.63) is 16.6 Å². The summed E-state index contributed by atoms with van der Waals surface area (Å²) < 4.78 is 0. The number of piperazine rings is 1. The van der Waals surface area contributed by atoms with Crippen LogP contribution < -0.4 is 5.32 Å². The van der Waals surface area contributed by atoms with Gasteiger partial charge in [0, 0.05) is 11.6 Å². The van der Waals surface area contributed by atoms with E-state index in [2.05, 4.69) is 10.3 Å². The first-order valence-corrected chi connectivity index (χ1v) is 6.31. The Morgan fingerprint density at radius 1 is 1.53 bits per heavy atom. The van der Waals surface area contributed by atoms with Gasteiger partial charge in [0.25, 0.3) is 0 Å². The second-order valence-electron chi connectivity index (χ2n) is 4.65. The minimum absolute atomic E-state index is 0.0696. The Bertz CT molecular complexity index is 442. The van der Waals surface area contributed by atoms with Crippen molar-refractivity contribution in [2.45, 2.75) is 32.4 Å². The molecule has 1 atom stereocenters. The molecule has 1 aliphatic heterocycles. The smallest absolute Gasteiger partial charge is 0.248 e. The van der Waals surface area contributed by atoms with Gasteiger partial charge in [0.1, 0.15) is 17.1 Å². The second kappa shape index (κ2) is 4.10. The first-order chi connectivity index (χ1) is 7.92. The molecule has 1 fully saturated rings. The number of rotatable bonds is 2. The quantitative estimate of drug-likeness (QED) is 0.853. The van der Waals surface area contributed by atoms with E-state index in [9.17, 15) is 9.59 Å². The molecular weight excluding hydrogens is 238 g/mol. The van der Waals surface area contributed by atoms with Crippen LogP contribution in [0.4, 0.5) is 0 Å². The first-order valence-electron chi connectivity index (χ1n) is 5.43. The molecule has 0 aliphatic carbocycles. The van der Waals surface area contributed by atoms with E-state index in [-0.39, 0.29) is 24.4 Å². The van der Waals surface area contributed by atoms with E-state index in [4.69, 9.17) is 0 Å². The Kier molecular flexibility index (Phi) is 2.91. The maximum atomic E-state index is 12.2. The second-order valence-corrected chi connectivity index (χ2v) is 5.58. The van der Waals surface area contributed by atoms with Gasteiger partial charge in [-0.25, -0.2) is 4.98 Å². The van der Waals surface area contributed by atoms with Crippen molar-refractivity contribution in [2.75, 3.05) is 6.54 Å². The summed E-state index contributed by atoms with van der Waals surface area (Å²) in [4.78, 5) is 29.6. The van der Waals surface area contributed by atoms with E-state index in [0.29, 0.717) is 0 Å². The molecule has 92 valence electrons. The number of aromatic nitrogens is 1. The summed E-state index contributed by atoms with van der Waals surface area (Å²) in [6, 6.07) is -0.159. The number of hydrogen-bond donors (Lipinski definition) is 1. The predicted octanol–water partition coefficient (Wildman–Crippen LogP) is 0.941. The van der Waals surface area contributed by atoms with Crippen LogP contribution in [-0.2, 0) is 9.59 Å². The van der Waals surface area contributed by atoms with Gasteiger partial charge in [0.15, 0.2) is 0 Å². The summed E-state index contributed by atoms with van der Waals surface area (Å²) in [5, 5.41) is 5.41. The van der Waals surface area contributed by atoms with Gasteiger partial charge < -0.3 is 10.2 Å². The van der Waals surface area contributed by atoms with E-state index in [1.54, 1.807) is 24.9 Å². The Hall–Kier alpha value is -1.43. The number of carbonyl (C=O) groups is 2. The minimum atomic E-state index is -0.832. The Balaban J connectivity index is 2.25. The van der Waals surface area contributed by atoms with Crippen LogP contribution in [0, 0.1) is 0 Å². The van der Waals surface area contributed by atoms with Crippen LogP contribution in [0.15, 0.2) is 11.6 Å². The zero-order valence-corrected chi connectivity index (χ0v) is 10.9. The molecule has 2 amide bonds. The largest absolute Gasteiger partial charge is 0.341 e. The lowest BCUT2D eigenvalue weighted by Crippen LogP contribution is -2.64. The van der Waals surface area contributed by atoms with E-state index in [0.717, 1.165) is 5.01 Å². The molecule has 17 heavy (non-hydrogen) atoms. The highest BCUT2D eigenvalue weighted by molar-refractivity contribution is 7.09. The maximum absolute atomic E-state index is 12.2. The number of thiazole rings is 1. The minimum Gasteiger partial charge on any atom is -0.341 e. The van der Waals surface area contributed by atoms with E-state index in [1.807, 2.05) is 12.3 Å². The maximum Gasteiger partial charge on any atom is 0.248 e. The highest BCUT2D eigenvalue weighted by Crippen LogP contribution is 2.26. The summed E-state index contributed by atoms with van der Waals surface area (Å²) in [6.45, 7) is 5.43. The van der Waals surface area contributed by atoms with Crippen LogP contribution in [0.3, 0.4) is 0 Å². The van der Waals surface area contributed by atoms with Crippen molar-refractivity contribution in [3.63, 3.8) is 0 Å². The molecule has 1 aromatic rings. The molecule has 1 aromatic heterocycles. The van der Waals surface area contributed by atoms with E-state index >= 15 is 0 Å². The average molecular weight is 253 g/mol. The van der Waals surface area contributed by atoms with Crippen LogP contribution in [0.25, 0.3) is 0 Å². The summed E-state index contributed by atoms with van der Waals surface area (Å²) in [6.07, 6.45) is 1.70. The molecule has 6 heteroatoms. The third-order valence-electron chi connectivity index (χ3n) is 2.84. The van der Waals surface area contributed by atoms with Crippen LogP contribution in [0.1, 0.15) is 31.8 Å². The van der Waals surface area contributed by atoms with Crippen molar-refractivity contribution < 1.29 is 9.59 Å². The van der Waals surface area contributed by atoms with Gasteiger partial charge >= 0.3 is 0 Å². The molecule has 0 saturated carbocycles. The predicted molar refractivity (Wildman–Crippen MR) is 64.5 cm³/mol. The molecular formula is C11H15N3O2S. The van der Waals surface area contributed by atoms with E-state index < -0.39 is 5.54 Å². The van der Waals surface area contributed by atoms with Crippen LogP contribution >= 0.6 is 11.3 Å². The molecule has 0 radical (unpaired) electrons. The number of nitrogens with zero attached hydrogens (tertiary/aromatic N) is 2. The third kappa shape index (κ3) is 2.17. The van der Waals surface area contributed by atoms with Crippen LogP contribution in [-0.4, -0.2) is 33.8 Å². The summed E-state index contributed by atoms with van der Waals surface area (Å²) in [5.74, 6) is -0.196. The Labute approximate surface area is 104 Å². The summed E-state index contributed by atoms with van der Waals surface area (Å²) in [5.41, 5.74) is -0.832. The molecule has 1 saturated heterocycles. The number of amides is 2. The van der Waals surface area contributed by atoms with Gasteiger partial charge in [0.2, 0.25) is 11.8 Å². The SMILES string of the molecule is CC(c1nccs1)N1CC(=O)NC(C)(C)C1=O. The number of hydrogen-bond acceptors (Lipinski definition) is 4. The van der Waals surface area contributed by atoms with Crippen molar-refractivity contribution in [1.82, 2.24) is 15.2 Å². The molecule has 0 spiro atoms. The highest BCUT2D eigenvalue weighted by Gasteiger charge is 2.41. The first kappa shape index (κ1) is 12.0. The zero-order chi connectivity index (χ0) is 12.6. The Morgan fingerprint density at radius 3 is 2.82 bits per heavy atom. The van der Waals surface area contributed by atoms with Gasteiger partial charge in [-0.05, 0) is 20.8 Å². The molecule has 5 nitrogen and oxygen atoms in total. The van der Waals surface area contributed by atoms with Crippen molar-refractivity contribution in [3.8, 4) is 0 Å². The normalized spacial score (nSPS) is 21.2. The zero-order valence-electron chi connectivity index (χ0n) is 10.1. The van der Waals surface area contributed by atoms with E-state index in [1.165, 1.54) is 11.3 Å². The van der Waals surface area contributed by atoms with Crippen molar-refractivity contribution >= 4 is 23.2 Å². The number of carbonyl (C=O) groups excluding carboxylic acids is 2. The molecule has 2 rings (SSSR count).